The van der Waals surface area contributed by atoms with Crippen molar-refractivity contribution in [2.45, 2.75) is 12.8 Å². The zero-order valence-electron chi connectivity index (χ0n) is 8.99. The molecule has 2 nitrogen and oxygen atoms in total. The van der Waals surface area contributed by atoms with Crippen molar-refractivity contribution in [3.05, 3.63) is 38.9 Å². The highest BCUT2D eigenvalue weighted by Crippen LogP contribution is 2.27. The molecule has 90 valence electrons. The second kappa shape index (κ2) is 5.71. The summed E-state index contributed by atoms with van der Waals surface area (Å²) in [7, 11) is 0. The Kier molecular flexibility index (Phi) is 4.25. The Labute approximate surface area is 111 Å². The summed E-state index contributed by atoms with van der Waals surface area (Å²) in [4.78, 5) is 4.37. The standard InChI is InChI=1S/C12H11BrFNOS/c13-8-3-4-10(14)9(6-8)11-7-17-12(15-11)2-1-5-16/h3-4,6-7,16H,1-2,5H2. The van der Waals surface area contributed by atoms with Gasteiger partial charge in [-0.2, -0.15) is 0 Å². The second-order valence-electron chi connectivity index (χ2n) is 3.58. The number of hydrogen-bond acceptors (Lipinski definition) is 3. The van der Waals surface area contributed by atoms with Crippen LogP contribution >= 0.6 is 27.3 Å². The third-order valence-electron chi connectivity index (χ3n) is 2.30. The number of rotatable bonds is 4. The number of aromatic nitrogens is 1. The van der Waals surface area contributed by atoms with E-state index in [0.717, 1.165) is 15.9 Å². The average molecular weight is 316 g/mol. The lowest BCUT2D eigenvalue weighted by Crippen LogP contribution is -1.89. The Balaban J connectivity index is 2.27. The van der Waals surface area contributed by atoms with Crippen molar-refractivity contribution in [3.8, 4) is 11.3 Å². The molecular weight excluding hydrogens is 305 g/mol. The van der Waals surface area contributed by atoms with Crippen LogP contribution in [0.1, 0.15) is 11.4 Å². The molecule has 0 fully saturated rings. The fourth-order valence-electron chi connectivity index (χ4n) is 1.47. The van der Waals surface area contributed by atoms with E-state index in [1.807, 2.05) is 5.38 Å². The first-order valence-electron chi connectivity index (χ1n) is 5.21. The van der Waals surface area contributed by atoms with Crippen molar-refractivity contribution in [1.29, 1.82) is 0 Å². The van der Waals surface area contributed by atoms with Gasteiger partial charge in [-0.05, 0) is 24.6 Å². The Morgan fingerprint density at radius 2 is 2.24 bits per heavy atom. The molecule has 0 radical (unpaired) electrons. The fourth-order valence-corrected chi connectivity index (χ4v) is 2.68. The van der Waals surface area contributed by atoms with E-state index in [0.29, 0.717) is 17.7 Å². The first-order chi connectivity index (χ1) is 8.20. The molecule has 2 aromatic rings. The third-order valence-corrected chi connectivity index (χ3v) is 3.71. The molecule has 0 spiro atoms. The van der Waals surface area contributed by atoms with E-state index < -0.39 is 0 Å². The maximum absolute atomic E-state index is 13.6. The molecule has 0 saturated carbocycles. The van der Waals surface area contributed by atoms with Crippen molar-refractivity contribution in [1.82, 2.24) is 4.98 Å². The molecule has 1 heterocycles. The molecule has 0 aliphatic carbocycles. The first-order valence-corrected chi connectivity index (χ1v) is 6.88. The summed E-state index contributed by atoms with van der Waals surface area (Å²) < 4.78 is 14.5. The molecule has 17 heavy (non-hydrogen) atoms. The number of benzene rings is 1. The van der Waals surface area contributed by atoms with Crippen molar-refractivity contribution < 1.29 is 9.50 Å². The minimum absolute atomic E-state index is 0.153. The average Bonchev–Trinajstić information content (AvgIpc) is 2.78. The summed E-state index contributed by atoms with van der Waals surface area (Å²) >= 11 is 4.81. The van der Waals surface area contributed by atoms with Crippen LogP contribution in [0.2, 0.25) is 0 Å². The smallest absolute Gasteiger partial charge is 0.132 e. The predicted molar refractivity (Wildman–Crippen MR) is 70.6 cm³/mol. The van der Waals surface area contributed by atoms with Crippen LogP contribution in [-0.2, 0) is 6.42 Å². The van der Waals surface area contributed by atoms with Gasteiger partial charge in [0.2, 0.25) is 0 Å². The quantitative estimate of drug-likeness (QED) is 0.934. The van der Waals surface area contributed by atoms with Crippen LogP contribution in [0.15, 0.2) is 28.1 Å². The lowest BCUT2D eigenvalue weighted by Gasteiger charge is -2.00. The summed E-state index contributed by atoms with van der Waals surface area (Å²) in [6.45, 7) is 0.153. The van der Waals surface area contributed by atoms with E-state index >= 15 is 0 Å². The summed E-state index contributed by atoms with van der Waals surface area (Å²) in [5.74, 6) is -0.271. The molecule has 0 atom stereocenters. The molecule has 2 rings (SSSR count). The number of halogens is 2. The van der Waals surface area contributed by atoms with Crippen LogP contribution in [-0.4, -0.2) is 16.7 Å². The summed E-state index contributed by atoms with van der Waals surface area (Å²) in [5, 5.41) is 11.5. The number of aliphatic hydroxyl groups is 1. The zero-order chi connectivity index (χ0) is 12.3. The predicted octanol–water partition coefficient (Wildman–Crippen LogP) is 3.64. The number of nitrogens with zero attached hydrogens (tertiary/aromatic N) is 1. The maximum Gasteiger partial charge on any atom is 0.132 e. The van der Waals surface area contributed by atoms with Crippen molar-refractivity contribution in [2.24, 2.45) is 0 Å². The number of aliphatic hydroxyl groups excluding tert-OH is 1. The van der Waals surface area contributed by atoms with Gasteiger partial charge in [-0.25, -0.2) is 9.37 Å². The number of hydrogen-bond donors (Lipinski definition) is 1. The Hall–Kier alpha value is -0.780. The Morgan fingerprint density at radius 1 is 1.41 bits per heavy atom. The molecule has 5 heteroatoms. The van der Waals surface area contributed by atoms with Crippen molar-refractivity contribution in [3.63, 3.8) is 0 Å². The Bertz CT molecular complexity index is 515. The molecule has 1 N–H and O–H groups in total. The lowest BCUT2D eigenvalue weighted by atomic mass is 10.1. The summed E-state index contributed by atoms with van der Waals surface area (Å²) in [6.07, 6.45) is 1.42. The van der Waals surface area contributed by atoms with Crippen LogP contribution in [0.25, 0.3) is 11.3 Å². The van der Waals surface area contributed by atoms with E-state index in [1.165, 1.54) is 17.4 Å². The van der Waals surface area contributed by atoms with Gasteiger partial charge in [-0.1, -0.05) is 15.9 Å². The van der Waals surface area contributed by atoms with Gasteiger partial charge in [0.25, 0.3) is 0 Å². The normalized spacial score (nSPS) is 10.8. The topological polar surface area (TPSA) is 33.1 Å². The summed E-state index contributed by atoms with van der Waals surface area (Å²) in [5.41, 5.74) is 1.16. The van der Waals surface area contributed by atoms with E-state index in [-0.39, 0.29) is 12.4 Å². The molecule has 0 aliphatic heterocycles. The largest absolute Gasteiger partial charge is 0.396 e. The van der Waals surface area contributed by atoms with Crippen LogP contribution in [0.3, 0.4) is 0 Å². The Morgan fingerprint density at radius 3 is 3.00 bits per heavy atom. The minimum Gasteiger partial charge on any atom is -0.396 e. The van der Waals surface area contributed by atoms with Gasteiger partial charge < -0.3 is 5.11 Å². The van der Waals surface area contributed by atoms with Crippen molar-refractivity contribution >= 4 is 27.3 Å². The van der Waals surface area contributed by atoms with Gasteiger partial charge in [0, 0.05) is 28.4 Å². The molecule has 0 unspecified atom stereocenters. The van der Waals surface area contributed by atoms with Gasteiger partial charge in [-0.15, -0.1) is 11.3 Å². The van der Waals surface area contributed by atoms with Gasteiger partial charge in [0.15, 0.2) is 0 Å². The van der Waals surface area contributed by atoms with Crippen LogP contribution in [0.4, 0.5) is 4.39 Å². The van der Waals surface area contributed by atoms with Gasteiger partial charge in [0.1, 0.15) is 5.82 Å². The van der Waals surface area contributed by atoms with E-state index in [2.05, 4.69) is 20.9 Å². The molecule has 1 aromatic heterocycles. The lowest BCUT2D eigenvalue weighted by molar-refractivity contribution is 0.288. The maximum atomic E-state index is 13.6. The van der Waals surface area contributed by atoms with Gasteiger partial charge >= 0.3 is 0 Å². The monoisotopic (exact) mass is 315 g/mol. The van der Waals surface area contributed by atoms with Gasteiger partial charge in [0.05, 0.1) is 10.7 Å². The minimum atomic E-state index is -0.271. The number of thiazole rings is 1. The highest BCUT2D eigenvalue weighted by molar-refractivity contribution is 9.10. The van der Waals surface area contributed by atoms with E-state index in [1.54, 1.807) is 12.1 Å². The molecular formula is C12H11BrFNOS. The van der Waals surface area contributed by atoms with E-state index in [9.17, 15) is 4.39 Å². The fraction of sp³-hybridized carbons (Fsp3) is 0.250. The van der Waals surface area contributed by atoms with Crippen molar-refractivity contribution in [2.75, 3.05) is 6.61 Å². The molecule has 0 bridgehead atoms. The molecule has 0 saturated heterocycles. The second-order valence-corrected chi connectivity index (χ2v) is 5.44. The zero-order valence-corrected chi connectivity index (χ0v) is 11.4. The first kappa shape index (κ1) is 12.7. The third kappa shape index (κ3) is 3.12. The molecule has 1 aromatic carbocycles. The van der Waals surface area contributed by atoms with E-state index in [4.69, 9.17) is 5.11 Å². The molecule has 0 amide bonds. The highest BCUT2D eigenvalue weighted by Gasteiger charge is 2.09. The van der Waals surface area contributed by atoms with Gasteiger partial charge in [-0.3, -0.25) is 0 Å². The van der Waals surface area contributed by atoms with Crippen LogP contribution in [0.5, 0.6) is 0 Å². The highest BCUT2D eigenvalue weighted by atomic mass is 79.9. The number of aryl methyl sites for hydroxylation is 1. The summed E-state index contributed by atoms with van der Waals surface area (Å²) in [6, 6.07) is 4.81. The molecule has 0 aliphatic rings. The van der Waals surface area contributed by atoms with Crippen LogP contribution in [0, 0.1) is 5.82 Å². The van der Waals surface area contributed by atoms with Crippen LogP contribution < -0.4 is 0 Å². The SMILES string of the molecule is OCCCc1nc(-c2cc(Br)ccc2F)cs1.